The highest BCUT2D eigenvalue weighted by molar-refractivity contribution is 6.28. The van der Waals surface area contributed by atoms with E-state index in [0.29, 0.717) is 10.9 Å². The van der Waals surface area contributed by atoms with Gasteiger partial charge in [-0.05, 0) is 54.3 Å². The summed E-state index contributed by atoms with van der Waals surface area (Å²) in [6.07, 6.45) is -2.61. The van der Waals surface area contributed by atoms with Crippen LogP contribution in [0.3, 0.4) is 0 Å². The van der Waals surface area contributed by atoms with E-state index < -0.39 is 11.7 Å². The van der Waals surface area contributed by atoms with E-state index in [4.69, 9.17) is 0 Å². The Morgan fingerprint density at radius 3 is 2.29 bits per heavy atom. The summed E-state index contributed by atoms with van der Waals surface area (Å²) in [6.45, 7) is 10.7. The molecule has 3 aromatic heterocycles. The molecule has 3 heterocycles. The average molecular weight is 459 g/mol. The van der Waals surface area contributed by atoms with Gasteiger partial charge in [-0.15, -0.1) is 0 Å². The number of pyridine rings is 2. The zero-order valence-electron chi connectivity index (χ0n) is 19.9. The Morgan fingerprint density at radius 1 is 0.853 bits per heavy atom. The highest BCUT2D eigenvalue weighted by Gasteiger charge is 2.35. The molecule has 6 aromatic rings. The van der Waals surface area contributed by atoms with Gasteiger partial charge in [-0.2, -0.15) is 13.2 Å². The lowest BCUT2D eigenvalue weighted by Gasteiger charge is -2.19. The SMILES string of the molecule is Cc1cc(C)c2c(c1)c1ncc(C(F)(F)F)c3ccc4c5c(CC(C)(C)C)cccc5n2c4c31. The topological polar surface area (TPSA) is 17.3 Å². The predicted molar refractivity (Wildman–Crippen MR) is 134 cm³/mol. The smallest absolute Gasteiger partial charge is 0.308 e. The molecule has 172 valence electrons. The summed E-state index contributed by atoms with van der Waals surface area (Å²) in [5.74, 6) is 0. The third-order valence-corrected chi connectivity index (χ3v) is 6.84. The molecule has 0 radical (unpaired) electrons. The Morgan fingerprint density at radius 2 is 1.59 bits per heavy atom. The number of aryl methyl sites for hydroxylation is 2. The molecule has 0 saturated carbocycles. The normalized spacial score (nSPS) is 13.4. The fourth-order valence-corrected chi connectivity index (χ4v) is 5.78. The van der Waals surface area contributed by atoms with Gasteiger partial charge < -0.3 is 4.40 Å². The van der Waals surface area contributed by atoms with E-state index in [-0.39, 0.29) is 10.8 Å². The molecule has 0 spiro atoms. The van der Waals surface area contributed by atoms with E-state index in [1.165, 1.54) is 5.56 Å². The summed E-state index contributed by atoms with van der Waals surface area (Å²) in [5, 5.41) is 3.77. The molecule has 0 saturated heterocycles. The molecule has 5 heteroatoms. The first-order valence-corrected chi connectivity index (χ1v) is 11.5. The maximum atomic E-state index is 14.0. The van der Waals surface area contributed by atoms with Crippen LogP contribution in [0.1, 0.15) is 43.0 Å². The molecule has 0 fully saturated rings. The molecule has 34 heavy (non-hydrogen) atoms. The summed E-state index contributed by atoms with van der Waals surface area (Å²) in [5.41, 5.74) is 6.22. The van der Waals surface area contributed by atoms with Gasteiger partial charge in [0.05, 0.1) is 27.6 Å². The van der Waals surface area contributed by atoms with Gasteiger partial charge in [0.2, 0.25) is 0 Å². The van der Waals surface area contributed by atoms with Crippen molar-refractivity contribution in [3.63, 3.8) is 0 Å². The minimum absolute atomic E-state index is 0.0703. The van der Waals surface area contributed by atoms with Gasteiger partial charge in [-0.1, -0.05) is 56.7 Å². The first-order valence-electron chi connectivity index (χ1n) is 11.5. The quantitative estimate of drug-likeness (QED) is 0.178. The second-order valence-electron chi connectivity index (χ2n) is 10.8. The van der Waals surface area contributed by atoms with Crippen LogP contribution in [0.15, 0.2) is 48.7 Å². The van der Waals surface area contributed by atoms with E-state index in [0.717, 1.165) is 56.5 Å². The van der Waals surface area contributed by atoms with Crippen LogP contribution in [0.25, 0.3) is 49.0 Å². The molecule has 0 unspecified atom stereocenters. The average Bonchev–Trinajstić information content (AvgIpc) is 3.06. The Kier molecular flexibility index (Phi) is 4.13. The second-order valence-corrected chi connectivity index (χ2v) is 10.8. The standard InChI is InChI=1S/C29H25F3N2/c1-15-11-16(2)26-20(12-15)25-24-18(21(14-33-25)29(30,31)32)9-10-19-23-17(13-28(3,4)5)7-6-8-22(23)34(26)27(19)24/h6-12,14H,13H2,1-5H3. The number of fused-ring (bicyclic) bond motifs is 6. The van der Waals surface area contributed by atoms with Crippen LogP contribution >= 0.6 is 0 Å². The lowest BCUT2D eigenvalue weighted by Crippen LogP contribution is -2.09. The highest BCUT2D eigenvalue weighted by atomic mass is 19.4. The summed E-state index contributed by atoms with van der Waals surface area (Å²) in [6, 6.07) is 14.0. The number of aromatic nitrogens is 2. The van der Waals surface area contributed by atoms with Crippen LogP contribution in [0.2, 0.25) is 0 Å². The number of halogens is 3. The third-order valence-electron chi connectivity index (χ3n) is 6.84. The predicted octanol–water partition coefficient (Wildman–Crippen LogP) is 8.61. The molecule has 0 aliphatic carbocycles. The molecule has 2 nitrogen and oxygen atoms in total. The van der Waals surface area contributed by atoms with Gasteiger partial charge in [0.25, 0.3) is 0 Å². The molecule has 0 aliphatic heterocycles. The molecule has 6 rings (SSSR count). The monoisotopic (exact) mass is 458 g/mol. The molecule has 0 bridgehead atoms. The maximum Gasteiger partial charge on any atom is 0.418 e. The van der Waals surface area contributed by atoms with Crippen molar-refractivity contribution in [1.82, 2.24) is 9.38 Å². The van der Waals surface area contributed by atoms with Crippen molar-refractivity contribution < 1.29 is 13.2 Å². The molecule has 0 atom stereocenters. The number of nitrogens with zero attached hydrogens (tertiary/aromatic N) is 2. The molecule has 0 N–H and O–H groups in total. The number of benzene rings is 3. The van der Waals surface area contributed by atoms with Gasteiger partial charge in [0.15, 0.2) is 0 Å². The van der Waals surface area contributed by atoms with Crippen molar-refractivity contribution in [2.75, 3.05) is 0 Å². The fraction of sp³-hybridized carbons (Fsp3) is 0.276. The van der Waals surface area contributed by atoms with Gasteiger partial charge in [0.1, 0.15) is 0 Å². The van der Waals surface area contributed by atoms with Gasteiger partial charge in [0, 0.05) is 27.7 Å². The van der Waals surface area contributed by atoms with Crippen molar-refractivity contribution >= 4 is 49.0 Å². The third kappa shape index (κ3) is 2.85. The van der Waals surface area contributed by atoms with Crippen molar-refractivity contribution in [3.8, 4) is 0 Å². The minimum atomic E-state index is -4.48. The number of rotatable bonds is 1. The lowest BCUT2D eigenvalue weighted by atomic mass is 9.86. The van der Waals surface area contributed by atoms with E-state index in [1.54, 1.807) is 6.07 Å². The van der Waals surface area contributed by atoms with E-state index in [1.807, 2.05) is 19.1 Å². The zero-order chi connectivity index (χ0) is 24.2. The van der Waals surface area contributed by atoms with E-state index in [2.05, 4.69) is 61.3 Å². The summed E-state index contributed by atoms with van der Waals surface area (Å²) in [7, 11) is 0. The highest BCUT2D eigenvalue weighted by Crippen LogP contribution is 2.45. The van der Waals surface area contributed by atoms with E-state index >= 15 is 0 Å². The van der Waals surface area contributed by atoms with Crippen LogP contribution in [-0.2, 0) is 12.6 Å². The molecular formula is C29H25F3N2. The fourth-order valence-electron chi connectivity index (χ4n) is 5.78. The van der Waals surface area contributed by atoms with Crippen molar-refractivity contribution in [3.05, 3.63) is 70.9 Å². The lowest BCUT2D eigenvalue weighted by molar-refractivity contribution is -0.136. The molecule has 0 aliphatic rings. The van der Waals surface area contributed by atoms with Crippen LogP contribution in [0, 0.1) is 19.3 Å². The summed E-state index contributed by atoms with van der Waals surface area (Å²) >= 11 is 0. The van der Waals surface area contributed by atoms with Crippen LogP contribution in [-0.4, -0.2) is 9.38 Å². The molecular weight excluding hydrogens is 433 g/mol. The van der Waals surface area contributed by atoms with Gasteiger partial charge in [-0.25, -0.2) is 0 Å². The summed E-state index contributed by atoms with van der Waals surface area (Å²) < 4.78 is 44.2. The number of hydrogen-bond donors (Lipinski definition) is 0. The molecule has 3 aromatic carbocycles. The summed E-state index contributed by atoms with van der Waals surface area (Å²) in [4.78, 5) is 4.43. The first-order chi connectivity index (χ1) is 16.0. The Bertz CT molecular complexity index is 1760. The molecule has 0 amide bonds. The zero-order valence-corrected chi connectivity index (χ0v) is 19.9. The first kappa shape index (κ1) is 21.2. The van der Waals surface area contributed by atoms with Crippen LogP contribution in [0.4, 0.5) is 13.2 Å². The van der Waals surface area contributed by atoms with Crippen molar-refractivity contribution in [2.24, 2.45) is 5.41 Å². The van der Waals surface area contributed by atoms with Crippen LogP contribution < -0.4 is 0 Å². The van der Waals surface area contributed by atoms with Crippen LogP contribution in [0.5, 0.6) is 0 Å². The Hall–Kier alpha value is -3.34. The Labute approximate surface area is 195 Å². The van der Waals surface area contributed by atoms with Gasteiger partial charge >= 0.3 is 6.18 Å². The van der Waals surface area contributed by atoms with Gasteiger partial charge in [-0.3, -0.25) is 4.98 Å². The second kappa shape index (κ2) is 6.62. The number of hydrogen-bond acceptors (Lipinski definition) is 1. The largest absolute Gasteiger partial charge is 0.418 e. The maximum absolute atomic E-state index is 14.0. The minimum Gasteiger partial charge on any atom is -0.308 e. The Balaban J connectivity index is 1.97. The van der Waals surface area contributed by atoms with Crippen molar-refractivity contribution in [2.45, 2.75) is 47.2 Å². The number of alkyl halides is 3. The van der Waals surface area contributed by atoms with Crippen molar-refractivity contribution in [1.29, 1.82) is 0 Å². The van der Waals surface area contributed by atoms with E-state index in [9.17, 15) is 13.2 Å².